The smallest absolute Gasteiger partial charge is 0.506 e. The molecule has 0 aromatic carbocycles. The number of esters is 1. The molecule has 1 aromatic heterocycles. The van der Waals surface area contributed by atoms with Crippen molar-refractivity contribution in [1.82, 2.24) is 4.98 Å². The number of ether oxygens (including phenoxy) is 2. The van der Waals surface area contributed by atoms with E-state index < -0.39 is 47.7 Å². The molecule has 0 spiro atoms. The van der Waals surface area contributed by atoms with Gasteiger partial charge in [-0.05, 0) is 0 Å². The fourth-order valence-electron chi connectivity index (χ4n) is 1.34. The van der Waals surface area contributed by atoms with Crippen molar-refractivity contribution in [1.29, 1.82) is 0 Å². The maximum atomic E-state index is 12.6. The normalized spacial score (nSPS) is 12.1. The molecule has 0 bridgehead atoms. The van der Waals surface area contributed by atoms with Gasteiger partial charge in [-0.1, -0.05) is 0 Å². The maximum Gasteiger partial charge on any atom is 0.573 e. The highest BCUT2D eigenvalue weighted by Gasteiger charge is 2.43. The standard InChI is InChI=1S/C10H7F6NO4/c1-20-6(19)2-4-5(18)3-17-8(9(11,12)13)7(4)21-10(14,15)16/h3,18H,2H2,1H3. The summed E-state index contributed by atoms with van der Waals surface area (Å²) in [7, 11) is 0.871. The third kappa shape index (κ3) is 4.39. The Kier molecular flexibility index (Phi) is 4.54. The highest BCUT2D eigenvalue weighted by molar-refractivity contribution is 5.75. The summed E-state index contributed by atoms with van der Waals surface area (Å²) in [6, 6.07) is 0. The van der Waals surface area contributed by atoms with E-state index in [2.05, 4.69) is 14.5 Å². The van der Waals surface area contributed by atoms with Crippen LogP contribution in [0.4, 0.5) is 26.3 Å². The number of methoxy groups -OCH3 is 1. The minimum absolute atomic E-state index is 0.268. The summed E-state index contributed by atoms with van der Waals surface area (Å²) >= 11 is 0. The first-order valence-corrected chi connectivity index (χ1v) is 5.06. The lowest BCUT2D eigenvalue weighted by Crippen LogP contribution is -2.23. The summed E-state index contributed by atoms with van der Waals surface area (Å²) in [5.74, 6) is -4.02. The number of halogens is 6. The Morgan fingerprint density at radius 1 is 1.29 bits per heavy atom. The van der Waals surface area contributed by atoms with E-state index in [0.29, 0.717) is 0 Å². The van der Waals surface area contributed by atoms with Crippen LogP contribution in [-0.4, -0.2) is 29.5 Å². The van der Waals surface area contributed by atoms with Gasteiger partial charge in [-0.2, -0.15) is 13.2 Å². The Morgan fingerprint density at radius 2 is 1.86 bits per heavy atom. The lowest BCUT2D eigenvalue weighted by molar-refractivity contribution is -0.276. The molecule has 11 heteroatoms. The zero-order valence-electron chi connectivity index (χ0n) is 10.2. The summed E-state index contributed by atoms with van der Waals surface area (Å²) in [5, 5.41) is 9.34. The van der Waals surface area contributed by atoms with Crippen LogP contribution in [0.2, 0.25) is 0 Å². The molecule has 1 N–H and O–H groups in total. The predicted molar refractivity (Wildman–Crippen MR) is 53.3 cm³/mol. The van der Waals surface area contributed by atoms with Gasteiger partial charge in [0.15, 0.2) is 11.4 Å². The molecule has 0 radical (unpaired) electrons. The Hall–Kier alpha value is -2.20. The number of carbonyl (C=O) groups is 1. The summed E-state index contributed by atoms with van der Waals surface area (Å²) in [5.41, 5.74) is -3.04. The van der Waals surface area contributed by atoms with E-state index in [0.717, 1.165) is 7.11 Å². The fourth-order valence-corrected chi connectivity index (χ4v) is 1.34. The molecule has 0 atom stereocenters. The molecule has 5 nitrogen and oxygen atoms in total. The van der Waals surface area contributed by atoms with Gasteiger partial charge in [0, 0.05) is 0 Å². The number of hydrogen-bond donors (Lipinski definition) is 1. The van der Waals surface area contributed by atoms with Crippen LogP contribution in [0.15, 0.2) is 6.20 Å². The minimum Gasteiger partial charge on any atom is -0.506 e. The van der Waals surface area contributed by atoms with Gasteiger partial charge in [0.1, 0.15) is 5.75 Å². The number of pyridine rings is 1. The van der Waals surface area contributed by atoms with E-state index >= 15 is 0 Å². The molecule has 0 aliphatic heterocycles. The molecular weight excluding hydrogens is 312 g/mol. The van der Waals surface area contributed by atoms with Crippen LogP contribution in [-0.2, 0) is 22.1 Å². The summed E-state index contributed by atoms with van der Waals surface area (Å²) < 4.78 is 82.0. The number of aromatic hydroxyl groups is 1. The largest absolute Gasteiger partial charge is 0.573 e. The third-order valence-electron chi connectivity index (χ3n) is 2.15. The number of alkyl halides is 6. The summed E-state index contributed by atoms with van der Waals surface area (Å²) in [6.07, 6.45) is -11.5. The van der Waals surface area contributed by atoms with Crippen LogP contribution in [0.3, 0.4) is 0 Å². The van der Waals surface area contributed by atoms with Gasteiger partial charge in [0.05, 0.1) is 25.3 Å². The predicted octanol–water partition coefficient (Wildman–Crippen LogP) is 2.42. The van der Waals surface area contributed by atoms with Gasteiger partial charge in [0.2, 0.25) is 0 Å². The van der Waals surface area contributed by atoms with Crippen LogP contribution in [0.25, 0.3) is 0 Å². The lowest BCUT2D eigenvalue weighted by atomic mass is 10.1. The molecule has 0 aliphatic carbocycles. The number of hydrogen-bond acceptors (Lipinski definition) is 5. The fraction of sp³-hybridized carbons (Fsp3) is 0.400. The van der Waals surface area contributed by atoms with Gasteiger partial charge in [-0.25, -0.2) is 4.98 Å². The van der Waals surface area contributed by atoms with E-state index in [9.17, 15) is 36.2 Å². The van der Waals surface area contributed by atoms with E-state index in [4.69, 9.17) is 0 Å². The van der Waals surface area contributed by atoms with Gasteiger partial charge in [-0.3, -0.25) is 4.79 Å². The summed E-state index contributed by atoms with van der Waals surface area (Å²) in [6.45, 7) is 0. The van der Waals surface area contributed by atoms with Crippen molar-refractivity contribution in [3.05, 3.63) is 17.5 Å². The second kappa shape index (κ2) is 5.66. The second-order valence-corrected chi connectivity index (χ2v) is 3.60. The Morgan fingerprint density at radius 3 is 2.29 bits per heavy atom. The van der Waals surface area contributed by atoms with Gasteiger partial charge >= 0.3 is 18.5 Å². The second-order valence-electron chi connectivity index (χ2n) is 3.60. The average Bonchev–Trinajstić information content (AvgIpc) is 2.30. The van der Waals surface area contributed by atoms with Gasteiger partial charge < -0.3 is 14.6 Å². The van der Waals surface area contributed by atoms with Gasteiger partial charge in [0.25, 0.3) is 0 Å². The van der Waals surface area contributed by atoms with Crippen molar-refractivity contribution in [2.75, 3.05) is 7.11 Å². The van der Waals surface area contributed by atoms with Crippen molar-refractivity contribution >= 4 is 5.97 Å². The highest BCUT2D eigenvalue weighted by atomic mass is 19.4. The van der Waals surface area contributed by atoms with Crippen molar-refractivity contribution in [2.45, 2.75) is 19.0 Å². The number of nitrogens with zero attached hydrogens (tertiary/aromatic N) is 1. The Balaban J connectivity index is 3.48. The van der Waals surface area contributed by atoms with Crippen LogP contribution >= 0.6 is 0 Å². The summed E-state index contributed by atoms with van der Waals surface area (Å²) in [4.78, 5) is 13.7. The van der Waals surface area contributed by atoms with Crippen LogP contribution in [0, 0.1) is 0 Å². The van der Waals surface area contributed by atoms with E-state index in [1.165, 1.54) is 0 Å². The zero-order valence-corrected chi connectivity index (χ0v) is 10.2. The quantitative estimate of drug-likeness (QED) is 0.684. The van der Waals surface area contributed by atoms with Crippen molar-refractivity contribution in [3.8, 4) is 11.5 Å². The SMILES string of the molecule is COC(=O)Cc1c(O)cnc(C(F)(F)F)c1OC(F)(F)F. The van der Waals surface area contributed by atoms with Crippen LogP contribution in [0.1, 0.15) is 11.3 Å². The van der Waals surface area contributed by atoms with E-state index in [-0.39, 0.29) is 6.20 Å². The molecule has 1 rings (SSSR count). The minimum atomic E-state index is -5.47. The first-order valence-electron chi connectivity index (χ1n) is 5.06. The molecule has 0 saturated heterocycles. The molecule has 1 aromatic rings. The highest BCUT2D eigenvalue weighted by Crippen LogP contribution is 2.42. The molecule has 0 fully saturated rings. The van der Waals surface area contributed by atoms with Gasteiger partial charge in [-0.15, -0.1) is 13.2 Å². The first kappa shape index (κ1) is 16.9. The third-order valence-corrected chi connectivity index (χ3v) is 2.15. The topological polar surface area (TPSA) is 68.7 Å². The molecular formula is C10H7F6NO4. The molecule has 0 saturated carbocycles. The van der Waals surface area contributed by atoms with Crippen molar-refractivity contribution in [2.24, 2.45) is 0 Å². The molecule has 118 valence electrons. The van der Waals surface area contributed by atoms with E-state index in [1.54, 1.807) is 0 Å². The van der Waals surface area contributed by atoms with Crippen molar-refractivity contribution < 1.29 is 45.7 Å². The zero-order chi connectivity index (χ0) is 16.4. The monoisotopic (exact) mass is 319 g/mol. The maximum absolute atomic E-state index is 12.6. The number of rotatable bonds is 3. The Labute approximate surface area is 113 Å². The number of aromatic nitrogens is 1. The molecule has 0 aliphatic rings. The molecule has 1 heterocycles. The first-order chi connectivity index (χ1) is 9.45. The lowest BCUT2D eigenvalue weighted by Gasteiger charge is -2.18. The van der Waals surface area contributed by atoms with E-state index in [1.807, 2.05) is 0 Å². The van der Waals surface area contributed by atoms with Crippen molar-refractivity contribution in [3.63, 3.8) is 0 Å². The molecule has 21 heavy (non-hydrogen) atoms. The molecule has 0 unspecified atom stereocenters. The average molecular weight is 319 g/mol. The van der Waals surface area contributed by atoms with Crippen LogP contribution in [0.5, 0.6) is 11.5 Å². The van der Waals surface area contributed by atoms with Crippen LogP contribution < -0.4 is 4.74 Å². The molecule has 0 amide bonds. The number of carbonyl (C=O) groups excluding carboxylic acids is 1. The Bertz CT molecular complexity index is 540.